The van der Waals surface area contributed by atoms with Gasteiger partial charge in [0.15, 0.2) is 0 Å². The molecule has 0 aromatic carbocycles. The van der Waals surface area contributed by atoms with Gasteiger partial charge in [0.1, 0.15) is 11.8 Å². The lowest BCUT2D eigenvalue weighted by Gasteiger charge is -2.17. The van der Waals surface area contributed by atoms with Crippen molar-refractivity contribution in [2.24, 2.45) is 5.92 Å². The third-order valence-electron chi connectivity index (χ3n) is 3.44. The van der Waals surface area contributed by atoms with Gasteiger partial charge in [0.25, 0.3) is 0 Å². The summed E-state index contributed by atoms with van der Waals surface area (Å²) in [5.74, 6) is 0.434. The average molecular weight is 344 g/mol. The zero-order chi connectivity index (χ0) is 14.7. The number of carbonyl (C=O) groups is 1. The number of ketones is 1. The molecule has 20 heavy (non-hydrogen) atoms. The minimum atomic E-state index is -0.314. The maximum atomic E-state index is 12.7. The minimum absolute atomic E-state index is 0.0532. The summed E-state index contributed by atoms with van der Waals surface area (Å²) in [6, 6.07) is 0. The maximum Gasteiger partial charge on any atom is 0.210 e. The summed E-state index contributed by atoms with van der Waals surface area (Å²) in [5.41, 5.74) is 0.636. The van der Waals surface area contributed by atoms with Crippen molar-refractivity contribution < 1.29 is 9.53 Å². The van der Waals surface area contributed by atoms with Crippen molar-refractivity contribution in [2.45, 2.75) is 32.4 Å². The first-order valence-electron chi connectivity index (χ1n) is 7.06. The standard InChI is InChI=1S/C14H22BrN3O2/c1-4-20-14(10-5-6-10)13(19)12-11(15)9-16-18(12)8-7-17(2)3/h9-10,14H,4-8H2,1-3H3. The summed E-state index contributed by atoms with van der Waals surface area (Å²) < 4.78 is 8.20. The number of halogens is 1. The molecule has 1 unspecified atom stereocenters. The van der Waals surface area contributed by atoms with E-state index in [4.69, 9.17) is 4.74 Å². The van der Waals surface area contributed by atoms with Gasteiger partial charge in [-0.25, -0.2) is 0 Å². The first-order chi connectivity index (χ1) is 9.54. The van der Waals surface area contributed by atoms with Crippen LogP contribution in [0.3, 0.4) is 0 Å². The second kappa shape index (κ2) is 6.83. The Labute approximate surface area is 128 Å². The molecule has 1 aliphatic rings. The van der Waals surface area contributed by atoms with Gasteiger partial charge in [0.2, 0.25) is 5.78 Å². The fourth-order valence-electron chi connectivity index (χ4n) is 2.21. The highest BCUT2D eigenvalue weighted by molar-refractivity contribution is 9.10. The summed E-state index contributed by atoms with van der Waals surface area (Å²) in [6.45, 7) is 4.04. The zero-order valence-electron chi connectivity index (χ0n) is 12.3. The van der Waals surface area contributed by atoms with Crippen molar-refractivity contribution in [3.05, 3.63) is 16.4 Å². The molecule has 1 aromatic rings. The van der Waals surface area contributed by atoms with Gasteiger partial charge in [-0.1, -0.05) is 0 Å². The predicted molar refractivity (Wildman–Crippen MR) is 80.9 cm³/mol. The lowest BCUT2D eigenvalue weighted by molar-refractivity contribution is 0.0364. The predicted octanol–water partition coefficient (Wildman–Crippen LogP) is 2.21. The van der Waals surface area contributed by atoms with Gasteiger partial charge in [-0.05, 0) is 55.7 Å². The molecule has 0 N–H and O–H groups in total. The second-order valence-electron chi connectivity index (χ2n) is 5.45. The number of carbonyl (C=O) groups excluding carboxylic acids is 1. The van der Waals surface area contributed by atoms with Crippen LogP contribution in [0, 0.1) is 5.92 Å². The topological polar surface area (TPSA) is 47.4 Å². The smallest absolute Gasteiger partial charge is 0.210 e. The van der Waals surface area contributed by atoms with Gasteiger partial charge in [0, 0.05) is 13.2 Å². The number of ether oxygens (including phenoxy) is 1. The summed E-state index contributed by atoms with van der Waals surface area (Å²) in [4.78, 5) is 14.8. The molecule has 1 fully saturated rings. The van der Waals surface area contributed by atoms with Crippen LogP contribution in [-0.4, -0.2) is 53.8 Å². The Morgan fingerprint density at radius 3 is 2.85 bits per heavy atom. The van der Waals surface area contributed by atoms with Crippen LogP contribution in [0.25, 0.3) is 0 Å². The second-order valence-corrected chi connectivity index (χ2v) is 6.30. The van der Waals surface area contributed by atoms with Crippen LogP contribution in [-0.2, 0) is 11.3 Å². The maximum absolute atomic E-state index is 12.7. The van der Waals surface area contributed by atoms with E-state index < -0.39 is 0 Å². The molecule has 2 rings (SSSR count). The van der Waals surface area contributed by atoms with Crippen molar-refractivity contribution in [1.82, 2.24) is 14.7 Å². The lowest BCUT2D eigenvalue weighted by atomic mass is 10.1. The zero-order valence-corrected chi connectivity index (χ0v) is 13.9. The van der Waals surface area contributed by atoms with Gasteiger partial charge in [-0.2, -0.15) is 5.10 Å². The summed E-state index contributed by atoms with van der Waals surface area (Å²) in [6.07, 6.45) is 3.55. The fourth-order valence-corrected chi connectivity index (χ4v) is 2.70. The molecular formula is C14H22BrN3O2. The molecule has 1 saturated carbocycles. The van der Waals surface area contributed by atoms with Crippen molar-refractivity contribution in [2.75, 3.05) is 27.2 Å². The average Bonchev–Trinajstić information content (AvgIpc) is 3.16. The molecule has 0 spiro atoms. The number of Topliss-reactive ketones (excluding diaryl/α,β-unsaturated/α-hetero) is 1. The number of aromatic nitrogens is 2. The Morgan fingerprint density at radius 2 is 2.30 bits per heavy atom. The van der Waals surface area contributed by atoms with E-state index in [0.29, 0.717) is 24.8 Å². The Kier molecular flexibility index (Phi) is 5.35. The highest BCUT2D eigenvalue weighted by atomic mass is 79.9. The van der Waals surface area contributed by atoms with Crippen molar-refractivity contribution in [1.29, 1.82) is 0 Å². The molecule has 0 saturated heterocycles. The van der Waals surface area contributed by atoms with Gasteiger partial charge in [-0.15, -0.1) is 0 Å². The molecule has 0 aliphatic heterocycles. The van der Waals surface area contributed by atoms with Crippen LogP contribution in [0.4, 0.5) is 0 Å². The van der Waals surface area contributed by atoms with E-state index in [1.807, 2.05) is 21.0 Å². The summed E-state index contributed by atoms with van der Waals surface area (Å²) >= 11 is 3.44. The molecule has 0 radical (unpaired) electrons. The quantitative estimate of drug-likeness (QED) is 0.679. The highest BCUT2D eigenvalue weighted by Crippen LogP contribution is 2.36. The summed E-state index contributed by atoms with van der Waals surface area (Å²) in [7, 11) is 4.01. The highest BCUT2D eigenvalue weighted by Gasteiger charge is 2.39. The van der Waals surface area contributed by atoms with Crippen molar-refractivity contribution >= 4 is 21.7 Å². The van der Waals surface area contributed by atoms with Gasteiger partial charge in [0.05, 0.1) is 17.2 Å². The molecule has 1 aliphatic carbocycles. The van der Waals surface area contributed by atoms with Crippen LogP contribution in [0.1, 0.15) is 30.3 Å². The molecule has 112 valence electrons. The molecule has 0 amide bonds. The third kappa shape index (κ3) is 3.68. The van der Waals surface area contributed by atoms with E-state index in [2.05, 4.69) is 25.9 Å². The Morgan fingerprint density at radius 1 is 1.60 bits per heavy atom. The Bertz CT molecular complexity index is 469. The SMILES string of the molecule is CCOC(C(=O)c1c(Br)cnn1CCN(C)C)C1CC1. The van der Waals surface area contributed by atoms with E-state index in [1.165, 1.54) is 0 Å². The molecule has 0 bridgehead atoms. The first-order valence-corrected chi connectivity index (χ1v) is 7.85. The van der Waals surface area contributed by atoms with E-state index in [-0.39, 0.29) is 11.9 Å². The van der Waals surface area contributed by atoms with E-state index in [9.17, 15) is 4.79 Å². The molecule has 5 nitrogen and oxygen atoms in total. The lowest BCUT2D eigenvalue weighted by Crippen LogP contribution is -2.30. The Hall–Kier alpha value is -0.720. The normalized spacial score (nSPS) is 16.6. The van der Waals surface area contributed by atoms with Crippen LogP contribution >= 0.6 is 15.9 Å². The molecule has 1 atom stereocenters. The van der Waals surface area contributed by atoms with E-state index >= 15 is 0 Å². The largest absolute Gasteiger partial charge is 0.370 e. The molecular weight excluding hydrogens is 322 g/mol. The first kappa shape index (κ1) is 15.7. The number of hydrogen-bond donors (Lipinski definition) is 0. The van der Waals surface area contributed by atoms with Crippen molar-refractivity contribution in [3.8, 4) is 0 Å². The third-order valence-corrected chi connectivity index (χ3v) is 4.02. The van der Waals surface area contributed by atoms with Gasteiger partial charge >= 0.3 is 0 Å². The van der Waals surface area contributed by atoms with Crippen LogP contribution in [0.15, 0.2) is 10.7 Å². The summed E-state index contributed by atoms with van der Waals surface area (Å²) in [5, 5.41) is 4.30. The van der Waals surface area contributed by atoms with Crippen molar-refractivity contribution in [3.63, 3.8) is 0 Å². The van der Waals surface area contributed by atoms with Gasteiger partial charge in [-0.3, -0.25) is 9.48 Å². The Balaban J connectivity index is 2.17. The van der Waals surface area contributed by atoms with E-state index in [1.54, 1.807) is 10.9 Å². The number of hydrogen-bond acceptors (Lipinski definition) is 4. The number of nitrogens with zero attached hydrogens (tertiary/aromatic N) is 3. The minimum Gasteiger partial charge on any atom is -0.370 e. The molecule has 1 heterocycles. The number of rotatable bonds is 8. The van der Waals surface area contributed by atoms with Crippen LogP contribution < -0.4 is 0 Å². The van der Waals surface area contributed by atoms with Crippen LogP contribution in [0.2, 0.25) is 0 Å². The van der Waals surface area contributed by atoms with E-state index in [0.717, 1.165) is 23.9 Å². The fraction of sp³-hybridized carbons (Fsp3) is 0.714. The van der Waals surface area contributed by atoms with Gasteiger partial charge < -0.3 is 9.64 Å². The van der Waals surface area contributed by atoms with Crippen LogP contribution in [0.5, 0.6) is 0 Å². The monoisotopic (exact) mass is 343 g/mol. The molecule has 1 aromatic heterocycles. The molecule has 6 heteroatoms. The number of likely N-dealkylation sites (N-methyl/N-ethyl adjacent to an activating group) is 1.